The number of anilines is 3. The molecule has 1 aromatic heterocycles. The summed E-state index contributed by atoms with van der Waals surface area (Å²) in [7, 11) is 0. The summed E-state index contributed by atoms with van der Waals surface area (Å²) in [5, 5.41) is 12.1. The highest BCUT2D eigenvalue weighted by atomic mass is 16.3. The number of benzene rings is 11. The van der Waals surface area contributed by atoms with Crippen LogP contribution in [0.15, 0.2) is 229 Å². The number of para-hydroxylation sites is 1. The second-order valence-electron chi connectivity index (χ2n) is 15.6. The van der Waals surface area contributed by atoms with Crippen LogP contribution in [0.4, 0.5) is 17.1 Å². The molecule has 0 aliphatic carbocycles. The van der Waals surface area contributed by atoms with Gasteiger partial charge >= 0.3 is 0 Å². The zero-order valence-corrected chi connectivity index (χ0v) is 32.7. The van der Waals surface area contributed by atoms with Crippen LogP contribution in [0.2, 0.25) is 0 Å². The molecule has 0 atom stereocenters. The first-order chi connectivity index (χ1) is 29.7. The number of furan rings is 1. The number of rotatable bonds is 6. The summed E-state index contributed by atoms with van der Waals surface area (Å²) >= 11 is 0. The monoisotopic (exact) mass is 763 g/mol. The zero-order chi connectivity index (χ0) is 39.6. The van der Waals surface area contributed by atoms with Gasteiger partial charge in [0.1, 0.15) is 11.2 Å². The van der Waals surface area contributed by atoms with Crippen molar-refractivity contribution in [2.45, 2.75) is 0 Å². The standard InChI is InChI=1S/C58H37NO/c1-2-13-38(14-3-1)49-34-33-48(51-31-27-42(35-55(49)51)46-23-12-17-39-15-4-6-18-45(39)46)40-25-28-43(29-26-40)59(44-30-32-54-53-22-10-11-24-57(53)60-58(54)37-44)56-36-41-16-5-7-19-47(41)50-20-8-9-21-52(50)56/h1-37H. The highest BCUT2D eigenvalue weighted by molar-refractivity contribution is 6.15. The van der Waals surface area contributed by atoms with Crippen molar-refractivity contribution in [3.8, 4) is 33.4 Å². The maximum atomic E-state index is 6.46. The third-order valence-electron chi connectivity index (χ3n) is 12.2. The van der Waals surface area contributed by atoms with Crippen molar-refractivity contribution in [1.29, 1.82) is 0 Å². The summed E-state index contributed by atoms with van der Waals surface area (Å²) in [4.78, 5) is 2.39. The number of hydrogen-bond acceptors (Lipinski definition) is 2. The molecular weight excluding hydrogens is 727 g/mol. The van der Waals surface area contributed by atoms with E-state index in [1.54, 1.807) is 0 Å². The van der Waals surface area contributed by atoms with Crippen LogP contribution in [-0.4, -0.2) is 0 Å². The van der Waals surface area contributed by atoms with Crippen LogP contribution in [-0.2, 0) is 0 Å². The summed E-state index contributed by atoms with van der Waals surface area (Å²) in [5.41, 5.74) is 12.2. The molecule has 0 saturated carbocycles. The van der Waals surface area contributed by atoms with Gasteiger partial charge in [-0.1, -0.05) is 176 Å². The molecule has 2 nitrogen and oxygen atoms in total. The minimum Gasteiger partial charge on any atom is -0.456 e. The molecule has 280 valence electrons. The molecule has 12 aromatic rings. The highest BCUT2D eigenvalue weighted by Gasteiger charge is 2.20. The topological polar surface area (TPSA) is 16.4 Å². The van der Waals surface area contributed by atoms with Crippen LogP contribution in [0.5, 0.6) is 0 Å². The zero-order valence-electron chi connectivity index (χ0n) is 32.7. The Balaban J connectivity index is 1.03. The third-order valence-corrected chi connectivity index (χ3v) is 12.2. The van der Waals surface area contributed by atoms with E-state index in [0.29, 0.717) is 0 Å². The van der Waals surface area contributed by atoms with E-state index in [9.17, 15) is 0 Å². The molecule has 12 rings (SSSR count). The Kier molecular flexibility index (Phi) is 7.89. The minimum absolute atomic E-state index is 0.869. The summed E-state index contributed by atoms with van der Waals surface area (Å²) < 4.78 is 6.46. The van der Waals surface area contributed by atoms with E-state index in [-0.39, 0.29) is 0 Å². The van der Waals surface area contributed by atoms with Crippen LogP contribution in [0.1, 0.15) is 0 Å². The number of nitrogens with zero attached hydrogens (tertiary/aromatic N) is 1. The van der Waals surface area contributed by atoms with Crippen LogP contribution < -0.4 is 4.90 Å². The van der Waals surface area contributed by atoms with Crippen molar-refractivity contribution >= 4 is 82.1 Å². The summed E-state index contributed by atoms with van der Waals surface area (Å²) in [6.45, 7) is 0. The molecule has 0 aliphatic heterocycles. The number of hydrogen-bond donors (Lipinski definition) is 0. The normalized spacial score (nSPS) is 11.7. The Morgan fingerprint density at radius 3 is 1.67 bits per heavy atom. The molecule has 60 heavy (non-hydrogen) atoms. The molecule has 0 spiro atoms. The van der Waals surface area contributed by atoms with E-state index < -0.39 is 0 Å². The molecule has 0 amide bonds. The van der Waals surface area contributed by atoms with Crippen LogP contribution in [0, 0.1) is 0 Å². The van der Waals surface area contributed by atoms with Crippen molar-refractivity contribution in [3.63, 3.8) is 0 Å². The van der Waals surface area contributed by atoms with Crippen molar-refractivity contribution < 1.29 is 4.42 Å². The first-order valence-electron chi connectivity index (χ1n) is 20.6. The lowest BCUT2D eigenvalue weighted by Gasteiger charge is -2.28. The van der Waals surface area contributed by atoms with E-state index >= 15 is 0 Å². The van der Waals surface area contributed by atoms with E-state index in [4.69, 9.17) is 4.42 Å². The van der Waals surface area contributed by atoms with E-state index in [1.165, 1.54) is 70.9 Å². The van der Waals surface area contributed by atoms with E-state index in [2.05, 4.69) is 217 Å². The molecule has 0 unspecified atom stereocenters. The second kappa shape index (κ2) is 13.9. The molecule has 0 saturated heterocycles. The van der Waals surface area contributed by atoms with Gasteiger partial charge in [-0.3, -0.25) is 0 Å². The van der Waals surface area contributed by atoms with E-state index in [0.717, 1.165) is 44.6 Å². The van der Waals surface area contributed by atoms with Gasteiger partial charge in [-0.25, -0.2) is 0 Å². The Morgan fingerprint density at radius 2 is 0.833 bits per heavy atom. The third kappa shape index (κ3) is 5.57. The molecule has 0 radical (unpaired) electrons. The van der Waals surface area contributed by atoms with Gasteiger partial charge in [-0.15, -0.1) is 0 Å². The van der Waals surface area contributed by atoms with Gasteiger partial charge in [0.15, 0.2) is 0 Å². The van der Waals surface area contributed by atoms with E-state index in [1.807, 2.05) is 12.1 Å². The highest BCUT2D eigenvalue weighted by Crippen LogP contribution is 2.45. The Hall–Kier alpha value is -7.94. The number of fused-ring (bicyclic) bond motifs is 8. The van der Waals surface area contributed by atoms with Gasteiger partial charge in [-0.2, -0.15) is 0 Å². The Bertz CT molecular complexity index is 3590. The Labute approximate surface area is 347 Å². The largest absolute Gasteiger partial charge is 0.456 e. The van der Waals surface area contributed by atoms with Crippen molar-refractivity contribution in [2.24, 2.45) is 0 Å². The fourth-order valence-corrected chi connectivity index (χ4v) is 9.40. The fourth-order valence-electron chi connectivity index (χ4n) is 9.40. The van der Waals surface area contributed by atoms with Crippen molar-refractivity contribution in [2.75, 3.05) is 4.90 Å². The maximum absolute atomic E-state index is 6.46. The Morgan fingerprint density at radius 1 is 0.267 bits per heavy atom. The second-order valence-corrected chi connectivity index (χ2v) is 15.6. The molecule has 0 bridgehead atoms. The maximum Gasteiger partial charge on any atom is 0.137 e. The molecular formula is C58H37NO. The lowest BCUT2D eigenvalue weighted by Crippen LogP contribution is -2.10. The predicted molar refractivity (Wildman–Crippen MR) is 255 cm³/mol. The van der Waals surface area contributed by atoms with Gasteiger partial charge in [0, 0.05) is 33.6 Å². The van der Waals surface area contributed by atoms with Gasteiger partial charge in [0.2, 0.25) is 0 Å². The molecule has 11 aromatic carbocycles. The van der Waals surface area contributed by atoms with Crippen molar-refractivity contribution in [1.82, 2.24) is 0 Å². The van der Waals surface area contributed by atoms with Gasteiger partial charge in [0.25, 0.3) is 0 Å². The SMILES string of the molecule is c1ccc(-c2ccc(-c3ccc(N(c4ccc5c(c4)oc4ccccc45)c4cc5ccccc5c5ccccc45)cc3)c3ccc(-c4cccc5ccccc45)cc23)cc1. The molecule has 0 aliphatic rings. The average Bonchev–Trinajstić information content (AvgIpc) is 3.69. The van der Waals surface area contributed by atoms with Crippen molar-refractivity contribution in [3.05, 3.63) is 224 Å². The molecule has 0 N–H and O–H groups in total. The van der Waals surface area contributed by atoms with Crippen LogP contribution in [0.3, 0.4) is 0 Å². The summed E-state index contributed by atoms with van der Waals surface area (Å²) in [6, 6.07) is 81.4. The van der Waals surface area contributed by atoms with Gasteiger partial charge in [0.05, 0.1) is 5.69 Å². The first-order valence-corrected chi connectivity index (χ1v) is 20.6. The molecule has 1 heterocycles. The summed E-state index contributed by atoms with van der Waals surface area (Å²) in [5.74, 6) is 0. The lowest BCUT2D eigenvalue weighted by atomic mass is 9.89. The summed E-state index contributed by atoms with van der Waals surface area (Å²) in [6.07, 6.45) is 0. The minimum atomic E-state index is 0.869. The molecule has 2 heteroatoms. The predicted octanol–water partition coefficient (Wildman–Crippen LogP) is 16.7. The van der Waals surface area contributed by atoms with Gasteiger partial charge < -0.3 is 9.32 Å². The first kappa shape index (κ1) is 34.1. The average molecular weight is 764 g/mol. The van der Waals surface area contributed by atoms with Crippen LogP contribution >= 0.6 is 0 Å². The smallest absolute Gasteiger partial charge is 0.137 e. The molecule has 0 fully saturated rings. The fraction of sp³-hybridized carbons (Fsp3) is 0. The quantitative estimate of drug-likeness (QED) is 0.157. The lowest BCUT2D eigenvalue weighted by molar-refractivity contribution is 0.669. The van der Waals surface area contributed by atoms with Gasteiger partial charge in [-0.05, 0) is 114 Å². The van der Waals surface area contributed by atoms with Crippen LogP contribution in [0.25, 0.3) is 98.4 Å².